The van der Waals surface area contributed by atoms with Crippen molar-refractivity contribution in [1.82, 2.24) is 0 Å². The molecule has 0 fully saturated rings. The average Bonchev–Trinajstić information content (AvgIpc) is 2.00. The van der Waals surface area contributed by atoms with Gasteiger partial charge in [-0.1, -0.05) is 41.0 Å². The number of ketones is 1. The number of carbonyl (C=O) groups excluding carboxylic acids is 1. The van der Waals surface area contributed by atoms with Gasteiger partial charge in [0, 0.05) is 5.92 Å². The Kier molecular flexibility index (Phi) is 4.62. The number of aliphatic hydroxyl groups is 1. The highest BCUT2D eigenvalue weighted by molar-refractivity contribution is 5.85. The van der Waals surface area contributed by atoms with Gasteiger partial charge < -0.3 is 5.11 Å². The number of rotatable bonds is 4. The molecule has 0 saturated heterocycles. The normalized spacial score (nSPS) is 16.8. The number of carbonyl (C=O) groups is 1. The number of hydrogen-bond acceptors (Lipinski definition) is 2. The van der Waals surface area contributed by atoms with Crippen LogP contribution in [0, 0.1) is 11.3 Å². The molecule has 0 aliphatic heterocycles. The molecule has 0 radical (unpaired) electrons. The van der Waals surface area contributed by atoms with Crippen molar-refractivity contribution < 1.29 is 9.90 Å². The van der Waals surface area contributed by atoms with Crippen LogP contribution >= 0.6 is 0 Å². The van der Waals surface area contributed by atoms with Gasteiger partial charge >= 0.3 is 0 Å². The number of hydrogen-bond donors (Lipinski definition) is 1. The third kappa shape index (κ3) is 3.90. The predicted octanol–water partition coefficient (Wildman–Crippen LogP) is 2.40. The zero-order chi connectivity index (χ0) is 10.6. The van der Waals surface area contributed by atoms with Crippen LogP contribution in [-0.2, 0) is 4.79 Å². The summed E-state index contributed by atoms with van der Waals surface area (Å²) in [6, 6.07) is 0. The van der Waals surface area contributed by atoms with Gasteiger partial charge in [-0.15, -0.1) is 0 Å². The maximum Gasteiger partial charge on any atom is 0.164 e. The molecule has 0 aromatic carbocycles. The summed E-state index contributed by atoms with van der Waals surface area (Å²) in [5.74, 6) is -0.0337. The van der Waals surface area contributed by atoms with Crippen molar-refractivity contribution in [3.8, 4) is 0 Å². The lowest BCUT2D eigenvalue weighted by molar-refractivity contribution is -0.136. The lowest BCUT2D eigenvalue weighted by Gasteiger charge is -2.26. The lowest BCUT2D eigenvalue weighted by atomic mass is 9.82. The highest BCUT2D eigenvalue weighted by Crippen LogP contribution is 2.23. The van der Waals surface area contributed by atoms with Gasteiger partial charge in [-0.05, 0) is 11.8 Å². The van der Waals surface area contributed by atoms with Gasteiger partial charge in [-0.25, -0.2) is 0 Å². The molecule has 0 aromatic heterocycles. The first kappa shape index (κ1) is 12.6. The Bertz CT molecular complexity index is 167. The van der Waals surface area contributed by atoms with Crippen LogP contribution in [0.25, 0.3) is 0 Å². The highest BCUT2D eigenvalue weighted by atomic mass is 16.3. The summed E-state index contributed by atoms with van der Waals surface area (Å²) in [6.07, 6.45) is 1.03. The molecule has 2 atom stereocenters. The minimum absolute atomic E-state index is 0.0146. The van der Waals surface area contributed by atoms with E-state index < -0.39 is 6.10 Å². The van der Waals surface area contributed by atoms with Gasteiger partial charge in [0.1, 0.15) is 6.10 Å². The van der Waals surface area contributed by atoms with Gasteiger partial charge in [0.2, 0.25) is 0 Å². The maximum atomic E-state index is 11.6. The monoisotopic (exact) mass is 186 g/mol. The fourth-order valence-electron chi connectivity index (χ4n) is 1.27. The van der Waals surface area contributed by atoms with Gasteiger partial charge in [-0.3, -0.25) is 4.79 Å². The Morgan fingerprint density at radius 2 is 1.85 bits per heavy atom. The van der Waals surface area contributed by atoms with E-state index in [2.05, 4.69) is 0 Å². The lowest BCUT2D eigenvalue weighted by Crippen LogP contribution is -2.37. The van der Waals surface area contributed by atoms with Crippen molar-refractivity contribution in [3.63, 3.8) is 0 Å². The number of Topliss-reactive ketones (excluding diaryl/α,β-unsaturated/α-hetero) is 1. The van der Waals surface area contributed by atoms with Crippen LogP contribution in [0.2, 0.25) is 0 Å². The number of aliphatic hydroxyl groups excluding tert-OH is 1. The molecule has 13 heavy (non-hydrogen) atoms. The first-order valence-corrected chi connectivity index (χ1v) is 5.02. The first-order chi connectivity index (χ1) is 5.80. The molecule has 0 heterocycles. The molecule has 2 unspecified atom stereocenters. The predicted molar refractivity (Wildman–Crippen MR) is 54.5 cm³/mol. The zero-order valence-electron chi connectivity index (χ0n) is 9.42. The van der Waals surface area contributed by atoms with Gasteiger partial charge in [0.15, 0.2) is 5.78 Å². The molecule has 0 spiro atoms. The Labute approximate surface area is 81.3 Å². The smallest absolute Gasteiger partial charge is 0.164 e. The summed E-state index contributed by atoms with van der Waals surface area (Å²) in [4.78, 5) is 11.6. The SMILES string of the molecule is CCCC(C)C(=O)C(O)C(C)(C)C. The average molecular weight is 186 g/mol. The Balaban J connectivity index is 4.26. The zero-order valence-corrected chi connectivity index (χ0v) is 9.42. The van der Waals surface area contributed by atoms with Crippen LogP contribution in [-0.4, -0.2) is 17.0 Å². The third-order valence-electron chi connectivity index (χ3n) is 2.30. The van der Waals surface area contributed by atoms with Crippen molar-refractivity contribution in [2.24, 2.45) is 11.3 Å². The molecule has 0 saturated carbocycles. The van der Waals surface area contributed by atoms with Crippen molar-refractivity contribution in [2.75, 3.05) is 0 Å². The quantitative estimate of drug-likeness (QED) is 0.732. The Hall–Kier alpha value is -0.370. The molecule has 0 aliphatic carbocycles. The van der Waals surface area contributed by atoms with Gasteiger partial charge in [0.05, 0.1) is 0 Å². The van der Waals surface area contributed by atoms with Crippen molar-refractivity contribution >= 4 is 5.78 Å². The van der Waals surface area contributed by atoms with E-state index in [1.807, 2.05) is 34.6 Å². The van der Waals surface area contributed by atoms with E-state index in [1.54, 1.807) is 0 Å². The van der Waals surface area contributed by atoms with Crippen molar-refractivity contribution in [1.29, 1.82) is 0 Å². The Morgan fingerprint density at radius 1 is 1.38 bits per heavy atom. The summed E-state index contributed by atoms with van der Waals surface area (Å²) in [5.41, 5.74) is -0.334. The molecule has 78 valence electrons. The van der Waals surface area contributed by atoms with Gasteiger partial charge in [-0.2, -0.15) is 0 Å². The van der Waals surface area contributed by atoms with E-state index in [-0.39, 0.29) is 17.1 Å². The van der Waals surface area contributed by atoms with Crippen molar-refractivity contribution in [3.05, 3.63) is 0 Å². The topological polar surface area (TPSA) is 37.3 Å². The molecule has 1 N–H and O–H groups in total. The molecule has 0 amide bonds. The fourth-order valence-corrected chi connectivity index (χ4v) is 1.27. The van der Waals surface area contributed by atoms with Crippen LogP contribution in [0.15, 0.2) is 0 Å². The first-order valence-electron chi connectivity index (χ1n) is 5.02. The molecule has 0 rings (SSSR count). The van der Waals surface area contributed by atoms with E-state index in [9.17, 15) is 9.90 Å². The van der Waals surface area contributed by atoms with Crippen LogP contribution in [0.3, 0.4) is 0 Å². The van der Waals surface area contributed by atoms with E-state index in [4.69, 9.17) is 0 Å². The second-order valence-corrected chi connectivity index (χ2v) is 4.86. The summed E-state index contributed by atoms with van der Waals surface area (Å²) < 4.78 is 0. The minimum Gasteiger partial charge on any atom is -0.385 e. The summed E-state index contributed by atoms with van der Waals surface area (Å²) in [7, 11) is 0. The fraction of sp³-hybridized carbons (Fsp3) is 0.909. The van der Waals surface area contributed by atoms with E-state index in [1.165, 1.54) is 0 Å². The molecule has 2 heteroatoms. The minimum atomic E-state index is -0.825. The molecule has 2 nitrogen and oxygen atoms in total. The molecule has 0 aromatic rings. The van der Waals surface area contributed by atoms with Crippen LogP contribution in [0.5, 0.6) is 0 Å². The maximum absolute atomic E-state index is 11.6. The standard InChI is InChI=1S/C11H22O2/c1-6-7-8(2)9(12)10(13)11(3,4)5/h8,10,13H,6-7H2,1-5H3. The second kappa shape index (κ2) is 4.75. The molecular weight excluding hydrogens is 164 g/mol. The van der Waals surface area contributed by atoms with Crippen LogP contribution in [0.4, 0.5) is 0 Å². The summed E-state index contributed by atoms with van der Waals surface area (Å²) >= 11 is 0. The van der Waals surface area contributed by atoms with Gasteiger partial charge in [0.25, 0.3) is 0 Å². The van der Waals surface area contributed by atoms with Crippen molar-refractivity contribution in [2.45, 2.75) is 53.6 Å². The van der Waals surface area contributed by atoms with Crippen LogP contribution < -0.4 is 0 Å². The third-order valence-corrected chi connectivity index (χ3v) is 2.30. The largest absolute Gasteiger partial charge is 0.385 e. The molecular formula is C11H22O2. The van der Waals surface area contributed by atoms with Crippen LogP contribution in [0.1, 0.15) is 47.5 Å². The van der Waals surface area contributed by atoms with E-state index >= 15 is 0 Å². The van der Waals surface area contributed by atoms with E-state index in [0.717, 1.165) is 12.8 Å². The van der Waals surface area contributed by atoms with E-state index in [0.29, 0.717) is 0 Å². The Morgan fingerprint density at radius 3 is 2.15 bits per heavy atom. The summed E-state index contributed by atoms with van der Waals surface area (Å²) in [6.45, 7) is 9.59. The molecule has 0 aliphatic rings. The summed E-state index contributed by atoms with van der Waals surface area (Å²) in [5, 5.41) is 9.70. The highest BCUT2D eigenvalue weighted by Gasteiger charge is 2.31. The molecule has 0 bridgehead atoms. The second-order valence-electron chi connectivity index (χ2n) is 4.86.